The summed E-state index contributed by atoms with van der Waals surface area (Å²) in [6.45, 7) is 6.63. The van der Waals surface area contributed by atoms with E-state index in [1.165, 1.54) is 47.4 Å². The van der Waals surface area contributed by atoms with Gasteiger partial charge in [-0.1, -0.05) is 158 Å². The van der Waals surface area contributed by atoms with Crippen LogP contribution >= 0.6 is 57.1 Å². The third-order valence-corrected chi connectivity index (χ3v) is 27.9. The number of H-pyrrole nitrogens is 1. The van der Waals surface area contributed by atoms with Crippen LogP contribution in [0.1, 0.15) is 66.2 Å². The molecule has 0 unspecified atom stereocenters. The van der Waals surface area contributed by atoms with Crippen LogP contribution in [0.15, 0.2) is 288 Å². The number of hydrogen-bond donors (Lipinski definition) is 8. The molecule has 6 aliphatic heterocycles. The van der Waals surface area contributed by atoms with Gasteiger partial charge in [-0.15, -0.1) is 57.1 Å². The van der Waals surface area contributed by atoms with E-state index in [1.54, 1.807) is 119 Å². The Morgan fingerprint density at radius 3 is 1.67 bits per heavy atom. The first-order valence-corrected chi connectivity index (χ1v) is 47.7. The first kappa shape index (κ1) is 94.1. The van der Waals surface area contributed by atoms with Crippen LogP contribution in [0.2, 0.25) is 0 Å². The second-order valence-electron chi connectivity index (χ2n) is 32.5. The molecule has 28 nitrogen and oxygen atoms in total. The number of ether oxygens (including phenoxy) is 2. The lowest BCUT2D eigenvalue weighted by Gasteiger charge is -2.32. The molecule has 9 aromatic carbocycles. The SMILES string of the molecule is CN(C)CCSc1ccc(/C=C2\NC(=O)N(Cc3ccc(OCc4ccccc4)cc3)C2=O)s1.CN1C(=O)/C(=C/c2csc3ccccc23)N=C1N.COc1cc(/C=C2\NC(=O)N(Cc3ccc(O)cc3)C2=O)cc(CN2CCN(C)CC2)c1O.O=C1N/C(=C\c2csc3ccccc23)C(=O)N1Cc1csc2ccccc12.O=c1[nH]c(C=C2C=Nc3ccccc32)c(O)n1Cc1ccccc1. The minimum atomic E-state index is -0.511. The number of imidazole rings is 1. The van der Waals surface area contributed by atoms with E-state index in [9.17, 15) is 53.7 Å². The number of fused-ring (bicyclic) bond motifs is 4. The second kappa shape index (κ2) is 43.3. The van der Waals surface area contributed by atoms with Crippen molar-refractivity contribution in [2.24, 2.45) is 15.7 Å². The molecule has 0 radical (unpaired) electrons. The molecule has 14 aromatic rings. The number of phenolic OH excluding ortho intramolecular Hbond substituents is 2. The molecule has 5 aromatic heterocycles. The van der Waals surface area contributed by atoms with Crippen molar-refractivity contribution in [1.29, 1.82) is 0 Å². The Morgan fingerprint density at radius 1 is 0.522 bits per heavy atom. The Balaban J connectivity index is 0.000000125. The van der Waals surface area contributed by atoms with Gasteiger partial charge in [0.2, 0.25) is 11.8 Å². The van der Waals surface area contributed by atoms with Crippen LogP contribution in [-0.4, -0.2) is 187 Å². The quantitative estimate of drug-likeness (QED) is 0.0167. The highest BCUT2D eigenvalue weighted by atomic mass is 32.2. The molecule has 0 bridgehead atoms. The van der Waals surface area contributed by atoms with E-state index in [1.807, 2.05) is 204 Å². The number of imide groups is 3. The maximum atomic E-state index is 12.9. The van der Waals surface area contributed by atoms with Gasteiger partial charge < -0.3 is 61.3 Å². The fourth-order valence-corrected chi connectivity index (χ4v) is 20.3. The number of hydrogen-bond acceptors (Lipinski definition) is 24. The maximum absolute atomic E-state index is 12.9. The van der Waals surface area contributed by atoms with E-state index in [-0.39, 0.29) is 78.1 Å². The highest BCUT2D eigenvalue weighted by molar-refractivity contribution is 8.01. The van der Waals surface area contributed by atoms with Crippen LogP contribution in [0.5, 0.6) is 28.9 Å². The molecule has 0 atom stereocenters. The number of likely N-dealkylation sites (N-methyl/N-ethyl adjacent to an activating group) is 2. The maximum Gasteiger partial charge on any atom is 0.329 e. The zero-order chi connectivity index (χ0) is 95.0. The molecule has 4 saturated heterocycles. The van der Waals surface area contributed by atoms with Crippen LogP contribution < -0.4 is 36.8 Å². The number of aromatic hydroxyl groups is 3. The number of amides is 10. The number of urea groups is 3. The number of methoxy groups -OCH3 is 1. The average Bonchev–Trinajstić information content (AvgIpc) is 1.49. The number of para-hydroxylation sites is 1. The van der Waals surface area contributed by atoms with Crippen LogP contribution in [-0.2, 0) is 58.5 Å². The van der Waals surface area contributed by atoms with Gasteiger partial charge in [0.05, 0.1) is 43.2 Å². The number of rotatable bonds is 23. The van der Waals surface area contributed by atoms with Crippen LogP contribution in [0, 0.1) is 0 Å². The van der Waals surface area contributed by atoms with Crippen LogP contribution in [0.3, 0.4) is 0 Å². The van der Waals surface area contributed by atoms with Gasteiger partial charge in [-0.05, 0) is 201 Å². The number of allylic oxidation sites excluding steroid dienone is 1. The van der Waals surface area contributed by atoms with Gasteiger partial charge in [-0.25, -0.2) is 24.2 Å². The van der Waals surface area contributed by atoms with Crippen molar-refractivity contribution in [2.45, 2.75) is 43.5 Å². The molecule has 4 fully saturated rings. The Labute approximate surface area is 803 Å². The van der Waals surface area contributed by atoms with Crippen LogP contribution in [0.4, 0.5) is 20.1 Å². The van der Waals surface area contributed by atoms with Gasteiger partial charge in [0.25, 0.3) is 23.6 Å². The summed E-state index contributed by atoms with van der Waals surface area (Å²) >= 11 is 8.30. The number of carbonyl (C=O) groups is 7. The summed E-state index contributed by atoms with van der Waals surface area (Å²) in [7, 11) is 9.29. The number of nitrogens with two attached hydrogens (primary N) is 1. The molecule has 690 valence electrons. The van der Waals surface area contributed by atoms with Crippen molar-refractivity contribution in [3.8, 4) is 28.9 Å². The first-order chi connectivity index (χ1) is 65.9. The molecule has 9 N–H and O–H groups in total. The molecule has 11 heterocycles. The number of piperazine rings is 1. The van der Waals surface area contributed by atoms with E-state index < -0.39 is 18.0 Å². The molecular formula is C103H95N15O13S5. The number of aliphatic imine (C=N–C) groups is 2. The Morgan fingerprint density at radius 2 is 1.06 bits per heavy atom. The van der Waals surface area contributed by atoms with E-state index in [2.05, 4.69) is 78.9 Å². The van der Waals surface area contributed by atoms with E-state index in [4.69, 9.17) is 15.2 Å². The fraction of sp³-hybridized carbons (Fsp3) is 0.165. The number of phenols is 2. The molecule has 20 rings (SSSR count). The smallest absolute Gasteiger partial charge is 0.329 e. The number of nitrogens with one attached hydrogen (secondary N) is 4. The van der Waals surface area contributed by atoms with Gasteiger partial charge >= 0.3 is 23.8 Å². The Bertz CT molecular complexity index is 7120. The Hall–Kier alpha value is -15.1. The summed E-state index contributed by atoms with van der Waals surface area (Å²) in [5.74, 6) is 1.20. The summed E-state index contributed by atoms with van der Waals surface area (Å²) in [6, 6.07) is 71.4. The van der Waals surface area contributed by atoms with Gasteiger partial charge in [-0.3, -0.25) is 53.2 Å². The average molecular weight is 1910 g/mol. The predicted octanol–water partition coefficient (Wildman–Crippen LogP) is 17.4. The van der Waals surface area contributed by atoms with Crippen molar-refractivity contribution in [3.05, 3.63) is 346 Å². The minimum Gasteiger partial charge on any atom is -0.508 e. The number of aromatic amines is 1. The number of thioether (sulfide) groups is 1. The van der Waals surface area contributed by atoms with Gasteiger partial charge in [0, 0.05) is 94.0 Å². The molecule has 0 aliphatic carbocycles. The van der Waals surface area contributed by atoms with Crippen molar-refractivity contribution in [1.82, 2.24) is 59.8 Å². The molecule has 0 spiro atoms. The van der Waals surface area contributed by atoms with Crippen molar-refractivity contribution in [3.63, 3.8) is 0 Å². The second-order valence-corrected chi connectivity index (χ2v) is 37.7. The molecule has 10 amide bonds. The predicted molar refractivity (Wildman–Crippen MR) is 540 cm³/mol. The molecule has 6 aliphatic rings. The number of guanidine groups is 1. The summed E-state index contributed by atoms with van der Waals surface area (Å²) in [6.07, 6.45) is 10.4. The van der Waals surface area contributed by atoms with Crippen molar-refractivity contribution in [2.75, 3.05) is 73.8 Å². The third kappa shape index (κ3) is 22.9. The third-order valence-electron chi connectivity index (χ3n) is 22.7. The standard InChI is InChI=1S/C26H27N3O3S2.C24H28N4O5.C21H14N2O2S2.C19H15N3O2.C13H11N3OS/c1-28(2)14-15-33-24-13-12-22(34-24)16-23-25(30)29(26(31)27-23)17-19-8-10-21(11-9-19)32-18-20-6-4-3-5-7-20;1-26-7-9-27(10-8-26)15-18-11-17(13-21(33-2)22(18)30)12-20-23(31)28(24(32)25-20)14-16-3-5-19(29)6-4-16;24-20-17(9-13-11-26-18-7-3-1-5-15(13)18)22-21(25)23(20)10-14-12-27-19-8-4-2-6-16(14)19;23-18-17(10-14-11-20-16-9-5-4-8-15(14)16)21-19(24)22(18)12-13-6-2-1-3-7-13;1-16-12(17)10(15-13(16)14)6-8-7-18-11-5-3-2-4-9(8)11/h3-13,16H,14-15,17-18H2,1-2H3,(H,27,31);3-6,11-13,29-30H,7-10,14-15H2,1-2H3,(H,25,32);1-9,11-12H,10H2,(H,22,25);1-11,23H,12H2,(H,21,24);2-7H,1H3,(H2,14,15)/b23-16-;20-12-;17-9-;;10-6-. The Kier molecular flexibility index (Phi) is 30.0. The lowest BCUT2D eigenvalue weighted by atomic mass is 10.1. The largest absolute Gasteiger partial charge is 0.508 e. The number of nitrogens with zero attached hydrogens (tertiary/aromatic N) is 10. The fourth-order valence-electron chi connectivity index (χ4n) is 15.2. The first-order valence-electron chi connectivity index (χ1n) is 43.3. The number of thiophene rings is 4. The monoisotopic (exact) mass is 1910 g/mol. The zero-order valence-corrected chi connectivity index (χ0v) is 78.7. The highest BCUT2D eigenvalue weighted by Crippen LogP contribution is 2.38. The zero-order valence-electron chi connectivity index (χ0n) is 74.6. The summed E-state index contributed by atoms with van der Waals surface area (Å²) < 4.78 is 17.2. The van der Waals surface area contributed by atoms with Crippen molar-refractivity contribution >= 4 is 183 Å². The molecule has 0 saturated carbocycles. The van der Waals surface area contributed by atoms with E-state index in [0.29, 0.717) is 59.4 Å². The summed E-state index contributed by atoms with van der Waals surface area (Å²) in [4.78, 5) is 124. The lowest BCUT2D eigenvalue weighted by molar-refractivity contribution is -0.124. The van der Waals surface area contributed by atoms with Crippen LogP contribution in [0.25, 0.3) is 66.2 Å². The minimum absolute atomic E-state index is 0.0749. The summed E-state index contributed by atoms with van der Waals surface area (Å²) in [5.41, 5.74) is 17.4. The molecule has 33 heteroatoms. The summed E-state index contributed by atoms with van der Waals surface area (Å²) in [5, 5.41) is 47.9. The van der Waals surface area contributed by atoms with Gasteiger partial charge in [-0.2, -0.15) is 0 Å². The van der Waals surface area contributed by atoms with E-state index >= 15 is 0 Å². The molecule has 136 heavy (non-hydrogen) atoms. The van der Waals surface area contributed by atoms with E-state index in [0.717, 1.165) is 135 Å². The topological polar surface area (TPSA) is 346 Å². The molecular weight excluding hydrogens is 1820 g/mol. The van der Waals surface area contributed by atoms with Gasteiger partial charge in [0.15, 0.2) is 11.5 Å². The number of benzene rings is 9. The number of carbonyl (C=O) groups excluding carboxylic acids is 7. The van der Waals surface area contributed by atoms with Crippen molar-refractivity contribution < 1.29 is 58.4 Å². The normalized spacial score (nSPS) is 16.3. The lowest BCUT2D eigenvalue weighted by Crippen LogP contribution is -2.43. The number of aromatic nitrogens is 2. The van der Waals surface area contributed by atoms with Gasteiger partial charge in [0.1, 0.15) is 46.6 Å². The highest BCUT2D eigenvalue weighted by Gasteiger charge is 2.37.